The molecular weight excluding hydrogens is 472 g/mol. The van der Waals surface area contributed by atoms with Gasteiger partial charge in [-0.2, -0.15) is 5.10 Å². The second-order valence-electron chi connectivity index (χ2n) is 8.12. The van der Waals surface area contributed by atoms with Gasteiger partial charge in [0.15, 0.2) is 0 Å². The molecule has 5 rings (SSSR count). The molecule has 0 saturated carbocycles. The number of halogens is 1. The van der Waals surface area contributed by atoms with Crippen LogP contribution in [0.15, 0.2) is 54.6 Å². The SMILES string of the molecule is COc1ccc(C(=O)N2CCN(C(=O)c3cc4c(C)nn(-c5cccc(Cl)c5)c4s3)CC2)cc1. The van der Waals surface area contributed by atoms with Gasteiger partial charge in [0, 0.05) is 42.2 Å². The lowest BCUT2D eigenvalue weighted by atomic mass is 10.1. The summed E-state index contributed by atoms with van der Waals surface area (Å²) >= 11 is 7.59. The number of rotatable bonds is 4. The van der Waals surface area contributed by atoms with Gasteiger partial charge >= 0.3 is 0 Å². The Morgan fingerprint density at radius 3 is 2.29 bits per heavy atom. The highest BCUT2D eigenvalue weighted by Gasteiger charge is 2.27. The van der Waals surface area contributed by atoms with Crippen LogP contribution in [0.3, 0.4) is 0 Å². The predicted octanol–water partition coefficient (Wildman–Crippen LogP) is 4.66. The van der Waals surface area contributed by atoms with Gasteiger partial charge in [-0.3, -0.25) is 9.59 Å². The number of hydrogen-bond acceptors (Lipinski definition) is 5. The molecule has 174 valence electrons. The van der Waals surface area contributed by atoms with Crippen LogP contribution in [0.5, 0.6) is 5.75 Å². The van der Waals surface area contributed by atoms with Crippen LogP contribution in [0.1, 0.15) is 25.7 Å². The van der Waals surface area contributed by atoms with E-state index in [9.17, 15) is 9.59 Å². The van der Waals surface area contributed by atoms with E-state index in [4.69, 9.17) is 16.3 Å². The van der Waals surface area contributed by atoms with Crippen molar-refractivity contribution in [2.24, 2.45) is 0 Å². The van der Waals surface area contributed by atoms with E-state index in [1.54, 1.807) is 36.3 Å². The molecule has 0 atom stereocenters. The van der Waals surface area contributed by atoms with Crippen LogP contribution in [0.2, 0.25) is 5.02 Å². The summed E-state index contributed by atoms with van der Waals surface area (Å²) in [6.07, 6.45) is 0. The highest BCUT2D eigenvalue weighted by molar-refractivity contribution is 7.20. The van der Waals surface area contributed by atoms with Crippen LogP contribution >= 0.6 is 22.9 Å². The molecule has 7 nitrogen and oxygen atoms in total. The van der Waals surface area contributed by atoms with Gasteiger partial charge < -0.3 is 14.5 Å². The second-order valence-corrected chi connectivity index (χ2v) is 9.59. The smallest absolute Gasteiger partial charge is 0.264 e. The quantitative estimate of drug-likeness (QED) is 0.414. The first-order chi connectivity index (χ1) is 16.4. The second kappa shape index (κ2) is 9.12. The third-order valence-electron chi connectivity index (χ3n) is 6.00. The Labute approximate surface area is 206 Å². The molecule has 1 fully saturated rings. The van der Waals surface area contributed by atoms with E-state index in [-0.39, 0.29) is 11.8 Å². The van der Waals surface area contributed by atoms with Crippen LogP contribution in [0, 0.1) is 6.92 Å². The summed E-state index contributed by atoms with van der Waals surface area (Å²) in [4.78, 5) is 31.3. The van der Waals surface area contributed by atoms with Gasteiger partial charge in [0.25, 0.3) is 11.8 Å². The van der Waals surface area contributed by atoms with Gasteiger partial charge in [-0.1, -0.05) is 17.7 Å². The summed E-state index contributed by atoms with van der Waals surface area (Å²) in [6, 6.07) is 16.5. The van der Waals surface area contributed by atoms with E-state index in [0.29, 0.717) is 47.4 Å². The average Bonchev–Trinajstić information content (AvgIpc) is 3.44. The fraction of sp³-hybridized carbons (Fsp3) is 0.240. The van der Waals surface area contributed by atoms with Gasteiger partial charge in [-0.15, -0.1) is 11.3 Å². The Kier molecular flexibility index (Phi) is 6.02. The number of carbonyl (C=O) groups excluding carboxylic acids is 2. The fourth-order valence-electron chi connectivity index (χ4n) is 4.12. The molecule has 2 aromatic heterocycles. The minimum absolute atomic E-state index is 0.0187. The van der Waals surface area contributed by atoms with Crippen molar-refractivity contribution in [2.45, 2.75) is 6.92 Å². The van der Waals surface area contributed by atoms with Gasteiger partial charge in [0.1, 0.15) is 10.6 Å². The lowest BCUT2D eigenvalue weighted by Gasteiger charge is -2.34. The van der Waals surface area contributed by atoms with Crippen molar-refractivity contribution in [1.29, 1.82) is 0 Å². The van der Waals surface area contributed by atoms with Crippen molar-refractivity contribution in [3.63, 3.8) is 0 Å². The summed E-state index contributed by atoms with van der Waals surface area (Å²) in [5, 5.41) is 6.23. The van der Waals surface area contributed by atoms with Crippen molar-refractivity contribution in [1.82, 2.24) is 19.6 Å². The van der Waals surface area contributed by atoms with E-state index < -0.39 is 0 Å². The maximum absolute atomic E-state index is 13.3. The number of piperazine rings is 1. The fourth-order valence-corrected chi connectivity index (χ4v) is 5.46. The Bertz CT molecular complexity index is 1370. The largest absolute Gasteiger partial charge is 0.497 e. The monoisotopic (exact) mass is 494 g/mol. The molecule has 3 heterocycles. The van der Waals surface area contributed by atoms with E-state index in [1.807, 2.05) is 46.8 Å². The molecule has 9 heteroatoms. The number of thiophene rings is 1. The maximum Gasteiger partial charge on any atom is 0.264 e. The molecule has 0 unspecified atom stereocenters. The molecule has 2 amide bonds. The third kappa shape index (κ3) is 4.15. The maximum atomic E-state index is 13.3. The zero-order valence-corrected chi connectivity index (χ0v) is 20.4. The summed E-state index contributed by atoms with van der Waals surface area (Å²) in [5.41, 5.74) is 2.34. The Morgan fingerprint density at radius 1 is 0.971 bits per heavy atom. The van der Waals surface area contributed by atoms with Crippen LogP contribution < -0.4 is 4.74 Å². The molecule has 4 aromatic rings. The summed E-state index contributed by atoms with van der Waals surface area (Å²) < 4.78 is 7.00. The highest BCUT2D eigenvalue weighted by Crippen LogP contribution is 2.32. The van der Waals surface area contributed by atoms with E-state index >= 15 is 0 Å². The minimum Gasteiger partial charge on any atom is -0.497 e. The zero-order valence-electron chi connectivity index (χ0n) is 18.8. The average molecular weight is 495 g/mol. The van der Waals surface area contributed by atoms with E-state index in [0.717, 1.165) is 21.6 Å². The number of methoxy groups -OCH3 is 1. The van der Waals surface area contributed by atoms with Crippen molar-refractivity contribution < 1.29 is 14.3 Å². The van der Waals surface area contributed by atoms with Crippen LogP contribution in [0.4, 0.5) is 0 Å². The topological polar surface area (TPSA) is 67.7 Å². The lowest BCUT2D eigenvalue weighted by molar-refractivity contribution is 0.0538. The lowest BCUT2D eigenvalue weighted by Crippen LogP contribution is -2.50. The van der Waals surface area contributed by atoms with Gasteiger partial charge in [0.05, 0.1) is 23.4 Å². The van der Waals surface area contributed by atoms with Crippen molar-refractivity contribution in [3.8, 4) is 11.4 Å². The van der Waals surface area contributed by atoms with Gasteiger partial charge in [-0.25, -0.2) is 4.68 Å². The van der Waals surface area contributed by atoms with E-state index in [2.05, 4.69) is 5.10 Å². The molecule has 0 radical (unpaired) electrons. The number of aromatic nitrogens is 2. The number of fused-ring (bicyclic) bond motifs is 1. The number of ether oxygens (including phenoxy) is 1. The Balaban J connectivity index is 1.30. The first-order valence-corrected chi connectivity index (χ1v) is 12.1. The molecule has 0 bridgehead atoms. The summed E-state index contributed by atoms with van der Waals surface area (Å²) in [7, 11) is 1.60. The van der Waals surface area contributed by atoms with Crippen LogP contribution in [-0.4, -0.2) is 64.7 Å². The van der Waals surface area contributed by atoms with E-state index in [1.165, 1.54) is 11.3 Å². The van der Waals surface area contributed by atoms with Crippen LogP contribution in [-0.2, 0) is 0 Å². The Morgan fingerprint density at radius 2 is 1.65 bits per heavy atom. The van der Waals surface area contributed by atoms with Crippen molar-refractivity contribution in [3.05, 3.63) is 75.8 Å². The summed E-state index contributed by atoms with van der Waals surface area (Å²) in [5.74, 6) is 0.660. The minimum atomic E-state index is -0.0335. The normalized spacial score (nSPS) is 14.0. The first-order valence-electron chi connectivity index (χ1n) is 10.9. The molecule has 1 saturated heterocycles. The van der Waals surface area contributed by atoms with Crippen molar-refractivity contribution >= 4 is 45.0 Å². The third-order valence-corrected chi connectivity index (χ3v) is 7.33. The standard InChI is InChI=1S/C25H23ClN4O3S/c1-16-21-15-22(34-25(21)30(27-16)19-5-3-4-18(26)14-19)24(32)29-12-10-28(11-13-29)23(31)17-6-8-20(33-2)9-7-17/h3-9,14-15H,10-13H2,1-2H3. The van der Waals surface area contributed by atoms with Crippen LogP contribution in [0.25, 0.3) is 15.9 Å². The molecule has 1 aliphatic heterocycles. The number of benzene rings is 2. The van der Waals surface area contributed by atoms with Gasteiger partial charge in [-0.05, 0) is 55.5 Å². The molecule has 0 N–H and O–H groups in total. The van der Waals surface area contributed by atoms with Gasteiger partial charge in [0.2, 0.25) is 0 Å². The summed E-state index contributed by atoms with van der Waals surface area (Å²) in [6.45, 7) is 3.92. The number of nitrogens with zero attached hydrogens (tertiary/aromatic N) is 4. The molecule has 0 spiro atoms. The number of carbonyl (C=O) groups is 2. The first kappa shape index (κ1) is 22.4. The number of hydrogen-bond donors (Lipinski definition) is 0. The number of aryl methyl sites for hydroxylation is 1. The molecule has 0 aliphatic carbocycles. The Hall–Kier alpha value is -3.36. The highest BCUT2D eigenvalue weighted by atomic mass is 35.5. The number of amides is 2. The molecule has 2 aromatic carbocycles. The van der Waals surface area contributed by atoms with Crippen molar-refractivity contribution in [2.75, 3.05) is 33.3 Å². The predicted molar refractivity (Wildman–Crippen MR) is 133 cm³/mol. The molecule has 34 heavy (non-hydrogen) atoms. The molecular formula is C25H23ClN4O3S. The zero-order chi connectivity index (χ0) is 23.8. The molecule has 1 aliphatic rings.